The van der Waals surface area contributed by atoms with Crippen LogP contribution in [0.1, 0.15) is 52.7 Å². The van der Waals surface area contributed by atoms with Crippen molar-refractivity contribution in [3.63, 3.8) is 0 Å². The summed E-state index contributed by atoms with van der Waals surface area (Å²) in [5.74, 6) is 0. The molecule has 0 spiro atoms. The zero-order chi connectivity index (χ0) is 20.0. The fourth-order valence-electron chi connectivity index (χ4n) is 3.05. The maximum atomic E-state index is 4.88. The van der Waals surface area contributed by atoms with Crippen LogP contribution < -0.4 is 0 Å². The lowest BCUT2D eigenvalue weighted by molar-refractivity contribution is 0.335. The van der Waals surface area contributed by atoms with Crippen molar-refractivity contribution in [2.75, 3.05) is 0 Å². The molecule has 0 aliphatic heterocycles. The quantitative estimate of drug-likeness (QED) is 0.773. The SMILES string of the molecule is BC(B)(c1cnc(-c2ccccc2)cc1C(B)(B)C(C)(C)C)C(C)(C)C. The Hall–Kier alpha value is -1.37. The van der Waals surface area contributed by atoms with E-state index in [0.29, 0.717) is 0 Å². The van der Waals surface area contributed by atoms with Crippen molar-refractivity contribution in [2.45, 2.75) is 52.0 Å². The van der Waals surface area contributed by atoms with Crippen molar-refractivity contribution < 1.29 is 0 Å². The van der Waals surface area contributed by atoms with Gasteiger partial charge in [0, 0.05) is 11.8 Å². The minimum absolute atomic E-state index is 0.0209. The van der Waals surface area contributed by atoms with Crippen LogP contribution in [0.2, 0.25) is 0 Å². The minimum atomic E-state index is 0.0209. The van der Waals surface area contributed by atoms with Gasteiger partial charge in [-0.05, 0) is 22.5 Å². The highest BCUT2D eigenvalue weighted by molar-refractivity contribution is 6.43. The Kier molecular flexibility index (Phi) is 5.36. The average Bonchev–Trinajstić information content (AvgIpc) is 2.53. The van der Waals surface area contributed by atoms with E-state index in [2.05, 4.69) is 116 Å². The molecule has 0 aliphatic carbocycles. The van der Waals surface area contributed by atoms with E-state index in [0.717, 1.165) is 5.69 Å². The van der Waals surface area contributed by atoms with E-state index >= 15 is 0 Å². The Morgan fingerprint density at radius 1 is 0.692 bits per heavy atom. The summed E-state index contributed by atoms with van der Waals surface area (Å²) in [6.07, 6.45) is 2.14. The van der Waals surface area contributed by atoms with Crippen LogP contribution in [0.15, 0.2) is 42.6 Å². The summed E-state index contributed by atoms with van der Waals surface area (Å²) in [5.41, 5.74) is 5.31. The molecule has 1 aromatic carbocycles. The van der Waals surface area contributed by atoms with Crippen molar-refractivity contribution in [1.29, 1.82) is 0 Å². The highest BCUT2D eigenvalue weighted by Gasteiger charge is 2.42. The van der Waals surface area contributed by atoms with Gasteiger partial charge in [-0.15, -0.1) is 0 Å². The normalized spacial score (nSPS) is 13.6. The molecule has 0 amide bonds. The first-order valence-corrected chi connectivity index (χ1v) is 9.76. The summed E-state index contributed by atoms with van der Waals surface area (Å²) >= 11 is 0. The average molecular weight is 343 g/mol. The van der Waals surface area contributed by atoms with Gasteiger partial charge in [0.1, 0.15) is 31.4 Å². The first kappa shape index (κ1) is 20.9. The molecule has 1 nitrogen and oxygen atoms in total. The van der Waals surface area contributed by atoms with Crippen LogP contribution in [0.3, 0.4) is 0 Å². The molecular weight excluding hydrogens is 309 g/mol. The highest BCUT2D eigenvalue weighted by Crippen LogP contribution is 2.45. The molecule has 0 atom stereocenters. The lowest BCUT2D eigenvalue weighted by Crippen LogP contribution is -2.47. The minimum Gasteiger partial charge on any atom is -0.256 e. The Morgan fingerprint density at radius 3 is 1.62 bits per heavy atom. The number of hydrogen-bond donors (Lipinski definition) is 0. The van der Waals surface area contributed by atoms with Gasteiger partial charge >= 0.3 is 0 Å². The number of nitrogens with zero attached hydrogens (tertiary/aromatic N) is 1. The third-order valence-corrected chi connectivity index (χ3v) is 7.07. The third kappa shape index (κ3) is 3.68. The van der Waals surface area contributed by atoms with Crippen molar-refractivity contribution in [3.05, 3.63) is 53.7 Å². The zero-order valence-corrected chi connectivity index (χ0v) is 18.5. The van der Waals surface area contributed by atoms with E-state index in [9.17, 15) is 0 Å². The molecule has 0 aliphatic rings. The fraction of sp³-hybridized carbons (Fsp3) is 0.476. The molecule has 2 aromatic rings. The van der Waals surface area contributed by atoms with Crippen LogP contribution >= 0.6 is 0 Å². The predicted octanol–water partition coefficient (Wildman–Crippen LogP) is 1.68. The standard InChI is InChI=1S/C21H33B4N/c1-18(2,3)20(22,23)15-12-17(14-10-8-7-9-11-14)26-13-16(15)21(24,25)19(4,5)6/h7-13H,22-25H2,1-6H3. The Bertz CT molecular complexity index is 769. The van der Waals surface area contributed by atoms with Gasteiger partial charge in [0.15, 0.2) is 0 Å². The molecule has 0 radical (unpaired) electrons. The van der Waals surface area contributed by atoms with E-state index in [1.165, 1.54) is 16.7 Å². The van der Waals surface area contributed by atoms with Gasteiger partial charge in [0.2, 0.25) is 0 Å². The molecule has 0 saturated carbocycles. The summed E-state index contributed by atoms with van der Waals surface area (Å²) in [6, 6.07) is 12.8. The highest BCUT2D eigenvalue weighted by atomic mass is 14.7. The molecule has 26 heavy (non-hydrogen) atoms. The van der Waals surface area contributed by atoms with Crippen LogP contribution in [0.5, 0.6) is 0 Å². The van der Waals surface area contributed by atoms with Crippen LogP contribution in [0, 0.1) is 10.8 Å². The van der Waals surface area contributed by atoms with Gasteiger partial charge < -0.3 is 0 Å². The molecule has 2 rings (SSSR count). The van der Waals surface area contributed by atoms with Gasteiger partial charge in [-0.3, -0.25) is 4.98 Å². The molecule has 0 unspecified atom stereocenters. The fourth-order valence-corrected chi connectivity index (χ4v) is 3.05. The summed E-state index contributed by atoms with van der Waals surface area (Å²) in [5, 5.41) is 0.0460. The number of rotatable bonds is 3. The maximum absolute atomic E-state index is 4.88. The van der Waals surface area contributed by atoms with Gasteiger partial charge in [-0.2, -0.15) is 0 Å². The van der Waals surface area contributed by atoms with E-state index in [-0.39, 0.29) is 21.3 Å². The zero-order valence-electron chi connectivity index (χ0n) is 18.5. The van der Waals surface area contributed by atoms with E-state index in [1.807, 2.05) is 0 Å². The summed E-state index contributed by atoms with van der Waals surface area (Å²) in [6.45, 7) is 14.0. The molecule has 5 heteroatoms. The van der Waals surface area contributed by atoms with E-state index in [4.69, 9.17) is 4.98 Å². The summed E-state index contributed by atoms with van der Waals surface area (Å²) in [7, 11) is 9.46. The van der Waals surface area contributed by atoms with Crippen molar-refractivity contribution >= 4 is 31.4 Å². The molecule has 134 valence electrons. The molecule has 0 saturated heterocycles. The number of benzene rings is 1. The Labute approximate surface area is 164 Å². The van der Waals surface area contributed by atoms with Crippen LogP contribution in [-0.4, -0.2) is 36.4 Å². The van der Waals surface area contributed by atoms with Crippen LogP contribution in [-0.2, 0) is 10.4 Å². The first-order chi connectivity index (χ1) is 11.7. The van der Waals surface area contributed by atoms with E-state index < -0.39 is 0 Å². The van der Waals surface area contributed by atoms with Gasteiger partial charge in [0.25, 0.3) is 0 Å². The van der Waals surface area contributed by atoms with Gasteiger partial charge in [0.05, 0.1) is 5.69 Å². The van der Waals surface area contributed by atoms with Crippen molar-refractivity contribution in [1.82, 2.24) is 4.98 Å². The number of pyridine rings is 1. The molecule has 0 N–H and O–H groups in total. The maximum Gasteiger partial charge on any atom is 0.105 e. The molecular formula is C21H33B4N. The monoisotopic (exact) mass is 343 g/mol. The Balaban J connectivity index is 2.78. The predicted molar refractivity (Wildman–Crippen MR) is 126 cm³/mol. The summed E-state index contributed by atoms with van der Waals surface area (Å²) < 4.78 is 0. The van der Waals surface area contributed by atoms with Crippen molar-refractivity contribution in [2.24, 2.45) is 10.8 Å². The summed E-state index contributed by atoms with van der Waals surface area (Å²) in [4.78, 5) is 4.88. The van der Waals surface area contributed by atoms with E-state index in [1.54, 1.807) is 0 Å². The lowest BCUT2D eigenvalue weighted by atomic mass is 9.35. The Morgan fingerprint density at radius 2 is 1.15 bits per heavy atom. The second-order valence-corrected chi connectivity index (χ2v) is 10.7. The van der Waals surface area contributed by atoms with Gasteiger partial charge in [-0.1, -0.05) is 87.9 Å². The van der Waals surface area contributed by atoms with Crippen LogP contribution in [0.25, 0.3) is 11.3 Å². The second-order valence-electron chi connectivity index (χ2n) is 10.7. The first-order valence-electron chi connectivity index (χ1n) is 9.76. The molecule has 1 heterocycles. The largest absolute Gasteiger partial charge is 0.256 e. The molecule has 0 bridgehead atoms. The smallest absolute Gasteiger partial charge is 0.105 e. The molecule has 1 aromatic heterocycles. The lowest BCUT2D eigenvalue weighted by Gasteiger charge is -2.47. The topological polar surface area (TPSA) is 12.9 Å². The van der Waals surface area contributed by atoms with Gasteiger partial charge in [-0.25, -0.2) is 0 Å². The van der Waals surface area contributed by atoms with Crippen molar-refractivity contribution in [3.8, 4) is 11.3 Å². The van der Waals surface area contributed by atoms with Crippen LogP contribution in [0.4, 0.5) is 0 Å². The number of aromatic nitrogens is 1. The second kappa shape index (κ2) is 6.66. The number of hydrogen-bond acceptors (Lipinski definition) is 1. The third-order valence-electron chi connectivity index (χ3n) is 7.07. The molecule has 0 fully saturated rings.